The Labute approximate surface area is 138 Å². The van der Waals surface area contributed by atoms with Crippen LogP contribution in [0.2, 0.25) is 0 Å². The first kappa shape index (κ1) is 13.8. The first-order chi connectivity index (χ1) is 9.56. The van der Waals surface area contributed by atoms with E-state index < -0.39 is 11.7 Å². The van der Waals surface area contributed by atoms with E-state index in [9.17, 15) is 9.59 Å². The molecular formula is C15H9BrINO2. The minimum Gasteiger partial charge on any atom is -0.300 e. The lowest BCUT2D eigenvalue weighted by molar-refractivity contribution is -0.114. The number of hydrogen-bond acceptors (Lipinski definition) is 2. The number of ketones is 1. The summed E-state index contributed by atoms with van der Waals surface area (Å²) in [4.78, 5) is 25.6. The van der Waals surface area contributed by atoms with Gasteiger partial charge in [0.1, 0.15) is 0 Å². The largest absolute Gasteiger partial charge is 0.300 e. The predicted molar refractivity (Wildman–Crippen MR) is 88.8 cm³/mol. The van der Waals surface area contributed by atoms with E-state index in [1.54, 1.807) is 12.1 Å². The van der Waals surface area contributed by atoms with E-state index >= 15 is 0 Å². The summed E-state index contributed by atoms with van der Waals surface area (Å²) < 4.78 is 1.99. The van der Waals surface area contributed by atoms with Crippen molar-refractivity contribution in [3.8, 4) is 0 Å². The second-order valence-electron chi connectivity index (χ2n) is 4.51. The number of carbonyl (C=O) groups excluding carboxylic acids is 2. The number of hydrogen-bond donors (Lipinski definition) is 0. The van der Waals surface area contributed by atoms with E-state index in [2.05, 4.69) is 38.5 Å². The monoisotopic (exact) mass is 441 g/mol. The van der Waals surface area contributed by atoms with Gasteiger partial charge in [0.25, 0.3) is 11.7 Å². The van der Waals surface area contributed by atoms with Crippen LogP contribution in [0.15, 0.2) is 46.9 Å². The molecule has 3 rings (SSSR count). The van der Waals surface area contributed by atoms with Gasteiger partial charge in [-0.05, 0) is 58.5 Å². The van der Waals surface area contributed by atoms with Crippen molar-refractivity contribution in [1.82, 2.24) is 0 Å². The third-order valence-electron chi connectivity index (χ3n) is 3.19. The molecular weight excluding hydrogens is 433 g/mol. The number of nitrogens with zero attached hydrogens (tertiary/aromatic N) is 1. The lowest BCUT2D eigenvalue weighted by atomic mass is 10.1. The molecule has 1 aliphatic heterocycles. The number of rotatable bonds is 2. The van der Waals surface area contributed by atoms with Crippen LogP contribution in [0.1, 0.15) is 15.9 Å². The van der Waals surface area contributed by atoms with Crippen molar-refractivity contribution >= 4 is 55.9 Å². The lowest BCUT2D eigenvalue weighted by Crippen LogP contribution is -2.29. The van der Waals surface area contributed by atoms with Crippen LogP contribution in [-0.2, 0) is 11.3 Å². The number of amides is 1. The van der Waals surface area contributed by atoms with Gasteiger partial charge in [0.05, 0.1) is 17.8 Å². The van der Waals surface area contributed by atoms with Crippen molar-refractivity contribution in [2.24, 2.45) is 0 Å². The Morgan fingerprint density at radius 2 is 1.75 bits per heavy atom. The summed E-state index contributed by atoms with van der Waals surface area (Å²) in [6, 6.07) is 13.2. The van der Waals surface area contributed by atoms with Crippen LogP contribution in [0, 0.1) is 3.57 Å². The summed E-state index contributed by atoms with van der Waals surface area (Å²) in [7, 11) is 0. The van der Waals surface area contributed by atoms with Gasteiger partial charge in [-0.1, -0.05) is 28.1 Å². The van der Waals surface area contributed by atoms with Crippen LogP contribution in [0.25, 0.3) is 0 Å². The van der Waals surface area contributed by atoms with Crippen molar-refractivity contribution in [1.29, 1.82) is 0 Å². The highest BCUT2D eigenvalue weighted by Crippen LogP contribution is 2.32. The Morgan fingerprint density at radius 3 is 2.45 bits per heavy atom. The van der Waals surface area contributed by atoms with Gasteiger partial charge in [-0.3, -0.25) is 9.59 Å². The Bertz CT molecular complexity index is 712. The predicted octanol–water partition coefficient (Wildman–Crippen LogP) is 3.78. The fourth-order valence-electron chi connectivity index (χ4n) is 2.20. The van der Waals surface area contributed by atoms with Gasteiger partial charge in [-0.2, -0.15) is 0 Å². The molecule has 2 aromatic rings. The topological polar surface area (TPSA) is 37.4 Å². The van der Waals surface area contributed by atoms with E-state index in [0.717, 1.165) is 13.6 Å². The van der Waals surface area contributed by atoms with Crippen LogP contribution < -0.4 is 4.90 Å². The van der Waals surface area contributed by atoms with Gasteiger partial charge in [0.15, 0.2) is 0 Å². The fourth-order valence-corrected chi connectivity index (χ4v) is 2.91. The lowest BCUT2D eigenvalue weighted by Gasteiger charge is -2.16. The summed E-state index contributed by atoms with van der Waals surface area (Å²) >= 11 is 5.61. The standard InChI is InChI=1S/C15H9BrINO2/c16-10-3-6-12-13(7-10)18(15(20)14(12)19)8-9-1-4-11(17)5-2-9/h1-7H,8H2. The third kappa shape index (κ3) is 2.40. The zero-order valence-electron chi connectivity index (χ0n) is 10.3. The highest BCUT2D eigenvalue weighted by molar-refractivity contribution is 14.1. The van der Waals surface area contributed by atoms with E-state index in [4.69, 9.17) is 0 Å². The van der Waals surface area contributed by atoms with Crippen LogP contribution in [0.4, 0.5) is 5.69 Å². The highest BCUT2D eigenvalue weighted by Gasteiger charge is 2.35. The number of halogens is 2. The smallest absolute Gasteiger partial charge is 0.299 e. The van der Waals surface area contributed by atoms with Gasteiger partial charge in [0.2, 0.25) is 0 Å². The summed E-state index contributed by atoms with van der Waals surface area (Å²) in [5, 5.41) is 0. The molecule has 20 heavy (non-hydrogen) atoms. The zero-order chi connectivity index (χ0) is 14.3. The van der Waals surface area contributed by atoms with Gasteiger partial charge in [0, 0.05) is 8.04 Å². The van der Waals surface area contributed by atoms with Gasteiger partial charge in [-0.15, -0.1) is 0 Å². The van der Waals surface area contributed by atoms with Gasteiger partial charge >= 0.3 is 0 Å². The highest BCUT2D eigenvalue weighted by atomic mass is 127. The molecule has 2 aromatic carbocycles. The van der Waals surface area contributed by atoms with E-state index in [0.29, 0.717) is 17.8 Å². The number of Topliss-reactive ketones (excluding diaryl/α,β-unsaturated/α-hetero) is 1. The molecule has 0 unspecified atom stereocenters. The van der Waals surface area contributed by atoms with E-state index in [1.807, 2.05) is 30.3 Å². The SMILES string of the molecule is O=C1C(=O)N(Cc2ccc(I)cc2)c2cc(Br)ccc21. The molecule has 0 aliphatic carbocycles. The number of benzene rings is 2. The Kier molecular flexibility index (Phi) is 3.64. The van der Waals surface area contributed by atoms with Crippen molar-refractivity contribution in [2.75, 3.05) is 4.90 Å². The first-order valence-electron chi connectivity index (χ1n) is 5.96. The second kappa shape index (κ2) is 5.29. The van der Waals surface area contributed by atoms with Gasteiger partial charge < -0.3 is 4.90 Å². The van der Waals surface area contributed by atoms with Crippen LogP contribution >= 0.6 is 38.5 Å². The molecule has 0 bridgehead atoms. The van der Waals surface area contributed by atoms with Gasteiger partial charge in [-0.25, -0.2) is 0 Å². The van der Waals surface area contributed by atoms with Crippen LogP contribution in [0.3, 0.4) is 0 Å². The van der Waals surface area contributed by atoms with Crippen LogP contribution in [0.5, 0.6) is 0 Å². The molecule has 1 amide bonds. The fraction of sp³-hybridized carbons (Fsp3) is 0.0667. The number of anilines is 1. The molecule has 0 aromatic heterocycles. The van der Waals surface area contributed by atoms with Crippen molar-refractivity contribution in [2.45, 2.75) is 6.54 Å². The molecule has 1 heterocycles. The maximum atomic E-state index is 12.1. The average Bonchev–Trinajstić information content (AvgIpc) is 2.66. The molecule has 3 nitrogen and oxygen atoms in total. The van der Waals surface area contributed by atoms with Crippen LogP contribution in [-0.4, -0.2) is 11.7 Å². The zero-order valence-corrected chi connectivity index (χ0v) is 14.0. The molecule has 0 spiro atoms. The summed E-state index contributed by atoms with van der Waals surface area (Å²) in [5.74, 6) is -0.894. The average molecular weight is 442 g/mol. The Morgan fingerprint density at radius 1 is 1.05 bits per heavy atom. The van der Waals surface area contributed by atoms with E-state index in [-0.39, 0.29) is 0 Å². The maximum Gasteiger partial charge on any atom is 0.299 e. The molecule has 0 radical (unpaired) electrons. The normalized spacial score (nSPS) is 13.8. The molecule has 100 valence electrons. The second-order valence-corrected chi connectivity index (χ2v) is 6.67. The quantitative estimate of drug-likeness (QED) is 0.525. The number of fused-ring (bicyclic) bond motifs is 1. The minimum absolute atomic E-state index is 0.408. The molecule has 0 atom stereocenters. The Hall–Kier alpha value is -1.21. The molecule has 0 saturated heterocycles. The van der Waals surface area contributed by atoms with Crippen molar-refractivity contribution in [3.05, 3.63) is 61.6 Å². The first-order valence-corrected chi connectivity index (χ1v) is 7.83. The molecule has 1 aliphatic rings. The van der Waals surface area contributed by atoms with Crippen molar-refractivity contribution in [3.63, 3.8) is 0 Å². The van der Waals surface area contributed by atoms with E-state index in [1.165, 1.54) is 4.90 Å². The Balaban J connectivity index is 1.98. The maximum absolute atomic E-state index is 12.1. The number of carbonyl (C=O) groups is 2. The summed E-state index contributed by atoms with van der Waals surface area (Å²) in [6.07, 6.45) is 0. The van der Waals surface area contributed by atoms with Crippen molar-refractivity contribution < 1.29 is 9.59 Å². The summed E-state index contributed by atoms with van der Waals surface area (Å²) in [5.41, 5.74) is 2.15. The molecule has 0 N–H and O–H groups in total. The molecule has 0 fully saturated rings. The molecule has 5 heteroatoms. The molecule has 0 saturated carbocycles. The third-order valence-corrected chi connectivity index (χ3v) is 4.40. The minimum atomic E-state index is -0.461. The summed E-state index contributed by atoms with van der Waals surface area (Å²) in [6.45, 7) is 0.408.